The van der Waals surface area contributed by atoms with Gasteiger partial charge in [0.15, 0.2) is 4.77 Å². The third kappa shape index (κ3) is 2.21. The first-order valence-corrected chi connectivity index (χ1v) is 5.71. The average molecular weight is 237 g/mol. The lowest BCUT2D eigenvalue weighted by Crippen LogP contribution is -2.11. The van der Waals surface area contributed by atoms with Gasteiger partial charge in [0.25, 0.3) is 0 Å². The molecule has 0 aliphatic carbocycles. The van der Waals surface area contributed by atoms with Crippen molar-refractivity contribution in [3.8, 4) is 0 Å². The minimum absolute atomic E-state index is 0.462. The molecule has 0 amide bonds. The fourth-order valence-electron chi connectivity index (χ4n) is 1.67. The summed E-state index contributed by atoms with van der Waals surface area (Å²) >= 11 is 5.25. The van der Waals surface area contributed by atoms with Crippen molar-refractivity contribution in [1.29, 1.82) is 0 Å². The summed E-state index contributed by atoms with van der Waals surface area (Å²) in [6.07, 6.45) is 5.51. The first kappa shape index (κ1) is 11.1. The first-order valence-electron chi connectivity index (χ1n) is 5.30. The molecule has 2 heterocycles. The molecule has 0 bridgehead atoms. The molecule has 2 aromatic heterocycles. The number of aromatic nitrogens is 5. The predicted octanol–water partition coefficient (Wildman–Crippen LogP) is 1.96. The minimum Gasteiger partial charge on any atom is -0.337 e. The van der Waals surface area contributed by atoms with Crippen molar-refractivity contribution in [1.82, 2.24) is 24.5 Å². The van der Waals surface area contributed by atoms with Gasteiger partial charge in [0, 0.05) is 24.6 Å². The predicted molar refractivity (Wildman–Crippen MR) is 63.7 cm³/mol. The Morgan fingerprint density at radius 1 is 1.44 bits per heavy atom. The highest BCUT2D eigenvalue weighted by Crippen LogP contribution is 2.14. The number of aryl methyl sites for hydroxylation is 1. The van der Waals surface area contributed by atoms with Gasteiger partial charge in [0.2, 0.25) is 0 Å². The fourth-order valence-corrected chi connectivity index (χ4v) is 1.93. The maximum Gasteiger partial charge on any atom is 0.177 e. The van der Waals surface area contributed by atoms with Crippen LogP contribution in [0.1, 0.15) is 25.5 Å². The molecule has 5 nitrogen and oxygen atoms in total. The summed E-state index contributed by atoms with van der Waals surface area (Å²) in [5, 5.41) is 7.70. The first-order chi connectivity index (χ1) is 7.68. The summed E-state index contributed by atoms with van der Waals surface area (Å²) < 4.78 is 4.68. The average Bonchev–Trinajstić information content (AvgIpc) is 2.84. The molecule has 16 heavy (non-hydrogen) atoms. The van der Waals surface area contributed by atoms with Crippen LogP contribution >= 0.6 is 12.2 Å². The van der Waals surface area contributed by atoms with Crippen LogP contribution in [-0.2, 0) is 13.1 Å². The van der Waals surface area contributed by atoms with Crippen molar-refractivity contribution in [2.45, 2.75) is 32.9 Å². The Labute approximate surface area is 99.1 Å². The Bertz CT molecular complexity index is 494. The molecule has 6 heteroatoms. The number of nitrogens with zero attached hydrogens (tertiary/aromatic N) is 4. The summed E-state index contributed by atoms with van der Waals surface area (Å²) in [6.45, 7) is 5.92. The summed E-state index contributed by atoms with van der Waals surface area (Å²) in [7, 11) is 0. The van der Waals surface area contributed by atoms with E-state index in [1.165, 1.54) is 5.69 Å². The van der Waals surface area contributed by atoms with Crippen LogP contribution in [0.3, 0.4) is 0 Å². The van der Waals surface area contributed by atoms with E-state index in [1.54, 1.807) is 10.9 Å². The molecule has 1 N–H and O–H groups in total. The number of H-pyrrole nitrogens is 1. The van der Waals surface area contributed by atoms with E-state index in [0.29, 0.717) is 5.92 Å². The van der Waals surface area contributed by atoms with Gasteiger partial charge in [-0.3, -0.25) is 4.68 Å². The Hall–Kier alpha value is -1.43. The smallest absolute Gasteiger partial charge is 0.177 e. The van der Waals surface area contributed by atoms with E-state index in [1.807, 2.05) is 12.4 Å². The van der Waals surface area contributed by atoms with Crippen LogP contribution in [0.2, 0.25) is 0 Å². The van der Waals surface area contributed by atoms with Gasteiger partial charge in [0.1, 0.15) is 0 Å². The highest BCUT2D eigenvalue weighted by Gasteiger charge is 2.07. The highest BCUT2D eigenvalue weighted by atomic mass is 32.1. The molecule has 0 saturated carbocycles. The highest BCUT2D eigenvalue weighted by molar-refractivity contribution is 7.71. The molecule has 0 atom stereocenters. The van der Waals surface area contributed by atoms with Crippen LogP contribution in [0.25, 0.3) is 0 Å². The Kier molecular flexibility index (Phi) is 3.19. The maximum atomic E-state index is 5.25. The number of aromatic amines is 1. The van der Waals surface area contributed by atoms with Gasteiger partial charge in [-0.1, -0.05) is 19.1 Å². The molecule has 2 rings (SSSR count). The monoisotopic (exact) mass is 237 g/mol. The zero-order chi connectivity index (χ0) is 11.5. The third-order valence-electron chi connectivity index (χ3n) is 2.52. The molecule has 2 aromatic rings. The molecule has 0 aliphatic heterocycles. The molecule has 0 spiro atoms. The van der Waals surface area contributed by atoms with Gasteiger partial charge < -0.3 is 9.55 Å². The van der Waals surface area contributed by atoms with Gasteiger partial charge in [-0.2, -0.15) is 0 Å². The zero-order valence-corrected chi connectivity index (χ0v) is 10.2. The van der Waals surface area contributed by atoms with Gasteiger partial charge in [-0.25, -0.2) is 0 Å². The molecule has 0 fully saturated rings. The summed E-state index contributed by atoms with van der Waals surface area (Å²) in [6, 6.07) is 0. The van der Waals surface area contributed by atoms with Gasteiger partial charge in [-0.05, 0) is 18.1 Å². The van der Waals surface area contributed by atoms with Crippen molar-refractivity contribution in [3.05, 3.63) is 29.1 Å². The summed E-state index contributed by atoms with van der Waals surface area (Å²) in [5.74, 6) is 0.462. The van der Waals surface area contributed by atoms with Crippen molar-refractivity contribution in [2.75, 3.05) is 0 Å². The number of hydrogen-bond donors (Lipinski definition) is 1. The lowest BCUT2D eigenvalue weighted by Gasteiger charge is -2.10. The van der Waals surface area contributed by atoms with E-state index < -0.39 is 0 Å². The van der Waals surface area contributed by atoms with Crippen LogP contribution in [-0.4, -0.2) is 24.5 Å². The van der Waals surface area contributed by atoms with Crippen LogP contribution in [0, 0.1) is 4.77 Å². The van der Waals surface area contributed by atoms with E-state index in [0.717, 1.165) is 17.9 Å². The quantitative estimate of drug-likeness (QED) is 0.827. The van der Waals surface area contributed by atoms with Gasteiger partial charge in [-0.15, -0.1) is 5.10 Å². The van der Waals surface area contributed by atoms with Crippen LogP contribution in [0.15, 0.2) is 18.6 Å². The second-order valence-electron chi connectivity index (χ2n) is 3.99. The zero-order valence-electron chi connectivity index (χ0n) is 9.42. The molecule has 0 saturated heterocycles. The fraction of sp³-hybridized carbons (Fsp3) is 0.500. The lowest BCUT2D eigenvalue weighted by atomic mass is 10.1. The van der Waals surface area contributed by atoms with Crippen molar-refractivity contribution < 1.29 is 0 Å². The lowest BCUT2D eigenvalue weighted by molar-refractivity contribution is 0.501. The second kappa shape index (κ2) is 4.61. The van der Waals surface area contributed by atoms with Crippen molar-refractivity contribution in [3.63, 3.8) is 0 Å². The van der Waals surface area contributed by atoms with Crippen LogP contribution in [0.5, 0.6) is 0 Å². The SMILES string of the molecule is CC(C)c1c[nH]c(=S)n1CCn1ccnn1. The third-order valence-corrected chi connectivity index (χ3v) is 2.85. The molecule has 0 unspecified atom stereocenters. The van der Waals surface area contributed by atoms with E-state index >= 15 is 0 Å². The molecule has 0 radical (unpaired) electrons. The largest absolute Gasteiger partial charge is 0.337 e. The molecular formula is C10H15N5S. The van der Waals surface area contributed by atoms with Crippen LogP contribution < -0.4 is 0 Å². The van der Waals surface area contributed by atoms with Crippen molar-refractivity contribution in [2.24, 2.45) is 0 Å². The minimum atomic E-state index is 0.462. The van der Waals surface area contributed by atoms with Crippen molar-refractivity contribution >= 4 is 12.2 Å². The van der Waals surface area contributed by atoms with E-state index in [-0.39, 0.29) is 0 Å². The molecule has 0 aliphatic rings. The summed E-state index contributed by atoms with van der Waals surface area (Å²) in [5.41, 5.74) is 1.23. The molecular weight excluding hydrogens is 222 g/mol. The number of nitrogens with one attached hydrogen (secondary N) is 1. The standard InChI is InChI=1S/C10H15N5S/c1-8(2)9-7-11-10(16)15(9)6-5-14-4-3-12-13-14/h3-4,7-8H,5-6H2,1-2H3,(H,11,16). The van der Waals surface area contributed by atoms with E-state index in [2.05, 4.69) is 33.7 Å². The molecule has 86 valence electrons. The number of hydrogen-bond acceptors (Lipinski definition) is 3. The normalized spacial score (nSPS) is 11.2. The van der Waals surface area contributed by atoms with Crippen LogP contribution in [0.4, 0.5) is 0 Å². The maximum absolute atomic E-state index is 5.25. The Balaban J connectivity index is 2.14. The summed E-state index contributed by atoms with van der Waals surface area (Å²) in [4.78, 5) is 3.08. The Morgan fingerprint density at radius 2 is 2.25 bits per heavy atom. The van der Waals surface area contributed by atoms with Gasteiger partial charge in [0.05, 0.1) is 12.7 Å². The number of imidazole rings is 1. The Morgan fingerprint density at radius 3 is 2.88 bits per heavy atom. The second-order valence-corrected chi connectivity index (χ2v) is 4.38. The molecule has 0 aromatic carbocycles. The topological polar surface area (TPSA) is 51.4 Å². The van der Waals surface area contributed by atoms with E-state index in [4.69, 9.17) is 12.2 Å². The van der Waals surface area contributed by atoms with Gasteiger partial charge >= 0.3 is 0 Å². The number of rotatable bonds is 4. The van der Waals surface area contributed by atoms with E-state index in [9.17, 15) is 0 Å².